The minimum Gasteiger partial charge on any atom is -0.389 e. The summed E-state index contributed by atoms with van der Waals surface area (Å²) >= 11 is 0. The van der Waals surface area contributed by atoms with Gasteiger partial charge in [-0.1, -0.05) is 36.5 Å². The number of hydrogen-bond donors (Lipinski definition) is 2. The lowest BCUT2D eigenvalue weighted by atomic mass is 9.47. The van der Waals surface area contributed by atoms with Crippen molar-refractivity contribution in [2.75, 3.05) is 0 Å². The highest BCUT2D eigenvalue weighted by molar-refractivity contribution is 5.32. The molecule has 8 unspecified atom stereocenters. The number of fused-ring (bicyclic) bond motifs is 10. The van der Waals surface area contributed by atoms with Gasteiger partial charge in [0.05, 0.1) is 11.2 Å². The molecular formula is C22H28O2. The monoisotopic (exact) mass is 324 g/mol. The fourth-order valence-corrected chi connectivity index (χ4v) is 7.82. The summed E-state index contributed by atoms with van der Waals surface area (Å²) in [5.41, 5.74) is -1.45. The van der Waals surface area contributed by atoms with Gasteiger partial charge in [0.1, 0.15) is 0 Å². The number of rotatable bonds is 4. The van der Waals surface area contributed by atoms with Crippen LogP contribution in [0, 0.1) is 47.3 Å². The van der Waals surface area contributed by atoms with Gasteiger partial charge in [-0.15, -0.1) is 13.2 Å². The Kier molecular flexibility index (Phi) is 2.99. The average Bonchev–Trinajstić information content (AvgIpc) is 3.31. The van der Waals surface area contributed by atoms with E-state index in [4.69, 9.17) is 0 Å². The zero-order valence-corrected chi connectivity index (χ0v) is 14.2. The summed E-state index contributed by atoms with van der Waals surface area (Å²) in [5, 5.41) is 24.0. The lowest BCUT2D eigenvalue weighted by molar-refractivity contribution is -0.233. The second kappa shape index (κ2) is 4.74. The van der Waals surface area contributed by atoms with E-state index in [1.54, 1.807) is 0 Å². The zero-order valence-electron chi connectivity index (χ0n) is 14.2. The van der Waals surface area contributed by atoms with Crippen LogP contribution >= 0.6 is 0 Å². The minimum absolute atomic E-state index is 0.157. The Hall–Kier alpha value is -1.12. The Morgan fingerprint density at radius 3 is 1.25 bits per heavy atom. The molecule has 2 heteroatoms. The molecule has 0 amide bonds. The minimum atomic E-state index is -0.723. The summed E-state index contributed by atoms with van der Waals surface area (Å²) in [5.74, 6) is 2.26. The third kappa shape index (κ3) is 1.55. The van der Waals surface area contributed by atoms with Gasteiger partial charge < -0.3 is 10.2 Å². The topological polar surface area (TPSA) is 40.5 Å². The van der Waals surface area contributed by atoms with E-state index in [-0.39, 0.29) is 23.7 Å². The molecule has 4 bridgehead atoms. The van der Waals surface area contributed by atoms with Gasteiger partial charge in [0.15, 0.2) is 0 Å². The average molecular weight is 324 g/mol. The molecule has 5 aliphatic carbocycles. The van der Waals surface area contributed by atoms with Crippen LogP contribution in [0.3, 0.4) is 0 Å². The van der Waals surface area contributed by atoms with E-state index in [0.717, 1.165) is 12.8 Å². The maximum absolute atomic E-state index is 12.0. The van der Waals surface area contributed by atoms with Crippen LogP contribution in [0.1, 0.15) is 25.7 Å². The van der Waals surface area contributed by atoms with Crippen molar-refractivity contribution in [3.63, 3.8) is 0 Å². The SMILES string of the molecule is C=CCC1(O)C2C3C=CC(C3)C2C(O)(CC=C)C2C3C=CC(C3)C21. The van der Waals surface area contributed by atoms with Crippen molar-refractivity contribution >= 4 is 0 Å². The van der Waals surface area contributed by atoms with E-state index < -0.39 is 11.2 Å². The quantitative estimate of drug-likeness (QED) is 0.777. The molecule has 0 spiro atoms. The second-order valence-electron chi connectivity index (χ2n) is 8.97. The van der Waals surface area contributed by atoms with Gasteiger partial charge in [0.25, 0.3) is 0 Å². The van der Waals surface area contributed by atoms with Crippen molar-refractivity contribution < 1.29 is 10.2 Å². The Morgan fingerprint density at radius 2 is 1.00 bits per heavy atom. The molecule has 2 nitrogen and oxygen atoms in total. The molecule has 3 fully saturated rings. The molecule has 8 atom stereocenters. The first-order chi connectivity index (χ1) is 11.5. The number of hydrogen-bond acceptors (Lipinski definition) is 2. The summed E-state index contributed by atoms with van der Waals surface area (Å²) in [6.07, 6.45) is 16.5. The summed E-state index contributed by atoms with van der Waals surface area (Å²) in [7, 11) is 0. The fraction of sp³-hybridized carbons (Fsp3) is 0.636. The molecule has 0 heterocycles. The molecule has 3 saturated carbocycles. The Balaban J connectivity index is 1.70. The predicted octanol–water partition coefficient (Wildman–Crippen LogP) is 3.49. The molecule has 0 aromatic heterocycles. The highest BCUT2D eigenvalue weighted by Crippen LogP contribution is 2.71. The van der Waals surface area contributed by atoms with E-state index >= 15 is 0 Å². The van der Waals surface area contributed by atoms with E-state index in [9.17, 15) is 10.2 Å². The Bertz CT molecular complexity index is 552. The second-order valence-corrected chi connectivity index (χ2v) is 8.97. The van der Waals surface area contributed by atoms with Gasteiger partial charge in [-0.3, -0.25) is 0 Å². The van der Waals surface area contributed by atoms with Crippen molar-refractivity contribution in [2.45, 2.75) is 36.9 Å². The van der Waals surface area contributed by atoms with Crippen molar-refractivity contribution in [1.29, 1.82) is 0 Å². The van der Waals surface area contributed by atoms with Crippen LogP contribution in [0.2, 0.25) is 0 Å². The molecule has 0 aromatic carbocycles. The third-order valence-electron chi connectivity index (χ3n) is 8.17. The van der Waals surface area contributed by atoms with Crippen LogP contribution in [-0.4, -0.2) is 21.4 Å². The van der Waals surface area contributed by atoms with E-state index in [2.05, 4.69) is 37.5 Å². The summed E-state index contributed by atoms with van der Waals surface area (Å²) < 4.78 is 0. The zero-order chi connectivity index (χ0) is 16.7. The van der Waals surface area contributed by atoms with Crippen molar-refractivity contribution in [2.24, 2.45) is 47.3 Å². The Labute approximate surface area is 144 Å². The molecule has 5 aliphatic rings. The van der Waals surface area contributed by atoms with E-state index in [1.165, 1.54) is 0 Å². The highest BCUT2D eigenvalue weighted by Gasteiger charge is 2.73. The first-order valence-electron chi connectivity index (χ1n) is 9.58. The fourth-order valence-electron chi connectivity index (χ4n) is 7.82. The van der Waals surface area contributed by atoms with Crippen LogP contribution < -0.4 is 0 Å². The maximum Gasteiger partial charge on any atom is 0.0757 e. The lowest BCUT2D eigenvalue weighted by Crippen LogP contribution is -2.67. The predicted molar refractivity (Wildman–Crippen MR) is 95.0 cm³/mol. The highest BCUT2D eigenvalue weighted by atomic mass is 16.3. The summed E-state index contributed by atoms with van der Waals surface area (Å²) in [6.45, 7) is 7.90. The molecule has 5 rings (SSSR count). The van der Waals surface area contributed by atoms with Crippen LogP contribution in [0.5, 0.6) is 0 Å². The van der Waals surface area contributed by atoms with E-state index in [1.807, 2.05) is 12.2 Å². The lowest BCUT2D eigenvalue weighted by Gasteiger charge is -2.61. The van der Waals surface area contributed by atoms with Gasteiger partial charge >= 0.3 is 0 Å². The smallest absolute Gasteiger partial charge is 0.0757 e. The molecule has 2 N–H and O–H groups in total. The first kappa shape index (κ1) is 15.2. The van der Waals surface area contributed by atoms with Crippen LogP contribution in [-0.2, 0) is 0 Å². The summed E-state index contributed by atoms with van der Waals surface area (Å²) in [4.78, 5) is 0. The van der Waals surface area contributed by atoms with Crippen LogP contribution in [0.25, 0.3) is 0 Å². The summed E-state index contributed by atoms with van der Waals surface area (Å²) in [6, 6.07) is 0. The number of aliphatic hydroxyl groups is 2. The molecule has 0 aliphatic heterocycles. The normalized spacial score (nSPS) is 58.8. The van der Waals surface area contributed by atoms with Crippen molar-refractivity contribution in [3.05, 3.63) is 49.6 Å². The molecule has 0 saturated heterocycles. The first-order valence-corrected chi connectivity index (χ1v) is 9.58. The molecule has 128 valence electrons. The largest absolute Gasteiger partial charge is 0.389 e. The maximum atomic E-state index is 12.0. The van der Waals surface area contributed by atoms with Crippen LogP contribution in [0.15, 0.2) is 49.6 Å². The van der Waals surface area contributed by atoms with E-state index in [0.29, 0.717) is 36.5 Å². The van der Waals surface area contributed by atoms with Gasteiger partial charge in [-0.25, -0.2) is 0 Å². The van der Waals surface area contributed by atoms with Gasteiger partial charge in [-0.2, -0.15) is 0 Å². The third-order valence-corrected chi connectivity index (χ3v) is 8.17. The standard InChI is InChI=1S/C22H28O2/c1-3-9-21(23)17-13-5-7-15(11-13)19(17)22(24,10-4-2)20-16-8-6-14(12-16)18(20)21/h3-8,13-20,23-24H,1-2,9-12H2. The molecule has 0 aromatic rings. The van der Waals surface area contributed by atoms with Crippen molar-refractivity contribution in [3.8, 4) is 0 Å². The molecule has 24 heavy (non-hydrogen) atoms. The van der Waals surface area contributed by atoms with Crippen LogP contribution in [0.4, 0.5) is 0 Å². The van der Waals surface area contributed by atoms with Gasteiger partial charge in [-0.05, 0) is 49.4 Å². The Morgan fingerprint density at radius 1 is 0.708 bits per heavy atom. The van der Waals surface area contributed by atoms with Gasteiger partial charge in [0.2, 0.25) is 0 Å². The molecule has 0 radical (unpaired) electrons. The van der Waals surface area contributed by atoms with Crippen molar-refractivity contribution in [1.82, 2.24) is 0 Å². The molecular weight excluding hydrogens is 296 g/mol. The number of allylic oxidation sites excluding steroid dienone is 4. The van der Waals surface area contributed by atoms with Gasteiger partial charge in [0, 0.05) is 23.7 Å².